The van der Waals surface area contributed by atoms with E-state index in [-0.39, 0.29) is 37.0 Å². The first-order valence-electron chi connectivity index (χ1n) is 9.33. The number of rotatable bonds is 5. The van der Waals surface area contributed by atoms with E-state index in [4.69, 9.17) is 0 Å². The molecule has 0 aliphatic carbocycles. The third-order valence-corrected chi connectivity index (χ3v) is 7.26. The van der Waals surface area contributed by atoms with E-state index in [9.17, 15) is 22.0 Å². The number of halogens is 2. The summed E-state index contributed by atoms with van der Waals surface area (Å²) < 4.78 is 54.8. The van der Waals surface area contributed by atoms with Gasteiger partial charge in [-0.1, -0.05) is 0 Å². The molecule has 0 bridgehead atoms. The summed E-state index contributed by atoms with van der Waals surface area (Å²) in [4.78, 5) is 13.9. The van der Waals surface area contributed by atoms with Crippen LogP contribution in [0.4, 0.5) is 8.78 Å². The van der Waals surface area contributed by atoms with E-state index in [1.807, 2.05) is 20.9 Å². The number of carbonyl (C=O) groups excluding carboxylic acids is 1. The van der Waals surface area contributed by atoms with Gasteiger partial charge < -0.3 is 4.90 Å². The van der Waals surface area contributed by atoms with Crippen LogP contribution in [0.2, 0.25) is 0 Å². The molecule has 1 fully saturated rings. The molecule has 0 spiro atoms. The van der Waals surface area contributed by atoms with E-state index in [0.29, 0.717) is 18.9 Å². The maximum Gasteiger partial charge on any atom is 0.243 e. The van der Waals surface area contributed by atoms with E-state index in [0.717, 1.165) is 29.1 Å². The molecule has 1 saturated heterocycles. The molecule has 1 aliphatic heterocycles. The van der Waals surface area contributed by atoms with Crippen molar-refractivity contribution in [3.8, 4) is 0 Å². The van der Waals surface area contributed by atoms with Crippen LogP contribution in [-0.2, 0) is 28.3 Å². The van der Waals surface area contributed by atoms with E-state index in [1.165, 1.54) is 4.31 Å². The molecule has 3 rings (SSSR count). The predicted octanol–water partition coefficient (Wildman–Crippen LogP) is 1.78. The Morgan fingerprint density at radius 3 is 2.31 bits per heavy atom. The van der Waals surface area contributed by atoms with E-state index in [2.05, 4.69) is 5.10 Å². The van der Waals surface area contributed by atoms with Gasteiger partial charge in [-0.25, -0.2) is 17.2 Å². The predicted molar refractivity (Wildman–Crippen MR) is 103 cm³/mol. The summed E-state index contributed by atoms with van der Waals surface area (Å²) in [5, 5.41) is 4.35. The van der Waals surface area contributed by atoms with Crippen molar-refractivity contribution in [2.45, 2.75) is 31.6 Å². The minimum Gasteiger partial charge on any atom is -0.340 e. The maximum atomic E-state index is 13.4. The molecule has 1 aromatic heterocycles. The van der Waals surface area contributed by atoms with Gasteiger partial charge in [0.25, 0.3) is 0 Å². The van der Waals surface area contributed by atoms with Crippen molar-refractivity contribution in [3.05, 3.63) is 46.8 Å². The number of hydrogen-bond acceptors (Lipinski definition) is 4. The van der Waals surface area contributed by atoms with Crippen LogP contribution in [0.5, 0.6) is 0 Å². The Hall–Kier alpha value is -2.33. The molecule has 1 aromatic carbocycles. The molecule has 2 aromatic rings. The molecule has 0 N–H and O–H groups in total. The Balaban J connectivity index is 1.59. The van der Waals surface area contributed by atoms with Crippen LogP contribution >= 0.6 is 0 Å². The number of sulfonamides is 1. The lowest BCUT2D eigenvalue weighted by Crippen LogP contribution is -2.50. The van der Waals surface area contributed by atoms with Gasteiger partial charge in [-0.15, -0.1) is 0 Å². The maximum absolute atomic E-state index is 13.4. The van der Waals surface area contributed by atoms with Crippen molar-refractivity contribution >= 4 is 15.9 Å². The van der Waals surface area contributed by atoms with Crippen LogP contribution in [0.3, 0.4) is 0 Å². The zero-order valence-corrected chi connectivity index (χ0v) is 17.5. The lowest BCUT2D eigenvalue weighted by Gasteiger charge is -2.34. The molecule has 29 heavy (non-hydrogen) atoms. The Bertz CT molecular complexity index is 1030. The first-order valence-corrected chi connectivity index (χ1v) is 10.8. The monoisotopic (exact) mass is 426 g/mol. The lowest BCUT2D eigenvalue weighted by molar-refractivity contribution is -0.132. The van der Waals surface area contributed by atoms with Gasteiger partial charge in [0.1, 0.15) is 0 Å². The normalized spacial score (nSPS) is 15.7. The van der Waals surface area contributed by atoms with Crippen LogP contribution in [0.25, 0.3) is 0 Å². The average molecular weight is 426 g/mol. The second kappa shape index (κ2) is 8.19. The minimum atomic E-state index is -3.94. The van der Waals surface area contributed by atoms with Gasteiger partial charge in [0, 0.05) is 45.3 Å². The van der Waals surface area contributed by atoms with Crippen LogP contribution in [-0.4, -0.2) is 59.5 Å². The van der Waals surface area contributed by atoms with Gasteiger partial charge in [-0.2, -0.15) is 9.40 Å². The summed E-state index contributed by atoms with van der Waals surface area (Å²) in [6, 6.07) is 2.52. The highest BCUT2D eigenvalue weighted by molar-refractivity contribution is 7.89. The van der Waals surface area contributed by atoms with Gasteiger partial charge >= 0.3 is 0 Å². The summed E-state index contributed by atoms with van der Waals surface area (Å²) >= 11 is 0. The summed E-state index contributed by atoms with van der Waals surface area (Å²) in [5.74, 6) is -2.35. The van der Waals surface area contributed by atoms with Crippen LogP contribution in [0.1, 0.15) is 23.4 Å². The molecule has 0 saturated carbocycles. The van der Waals surface area contributed by atoms with Crippen molar-refractivity contribution in [2.75, 3.05) is 26.2 Å². The largest absolute Gasteiger partial charge is 0.340 e. The fourth-order valence-electron chi connectivity index (χ4n) is 3.53. The smallest absolute Gasteiger partial charge is 0.243 e. The Labute approximate surface area is 169 Å². The quantitative estimate of drug-likeness (QED) is 0.731. The Kier molecular flexibility index (Phi) is 6.04. The standard InChI is InChI=1S/C19H24F2N4O3S/c1-13-16(14(2)23(3)22-13)5-7-19(26)24-8-10-25(11-9-24)29(27,28)15-4-6-17(20)18(21)12-15/h4,6,12H,5,7-11H2,1-3H3. The second-order valence-corrected chi connectivity index (χ2v) is 9.07. The fourth-order valence-corrected chi connectivity index (χ4v) is 4.97. The molecule has 2 heterocycles. The highest BCUT2D eigenvalue weighted by atomic mass is 32.2. The summed E-state index contributed by atoms with van der Waals surface area (Å²) in [6.07, 6.45) is 0.904. The molecular formula is C19H24F2N4O3S. The van der Waals surface area contributed by atoms with E-state index in [1.54, 1.807) is 9.58 Å². The SMILES string of the molecule is Cc1nn(C)c(C)c1CCC(=O)N1CCN(S(=O)(=O)c2ccc(F)c(F)c2)CC1. The molecular weight excluding hydrogens is 402 g/mol. The zero-order valence-electron chi connectivity index (χ0n) is 16.7. The summed E-state index contributed by atoms with van der Waals surface area (Å²) in [5.41, 5.74) is 2.98. The summed E-state index contributed by atoms with van der Waals surface area (Å²) in [7, 11) is -2.08. The highest BCUT2D eigenvalue weighted by Crippen LogP contribution is 2.21. The summed E-state index contributed by atoms with van der Waals surface area (Å²) in [6.45, 7) is 4.60. The van der Waals surface area contributed by atoms with Gasteiger partial charge in [0.05, 0.1) is 10.6 Å². The second-order valence-electron chi connectivity index (χ2n) is 7.13. The number of piperazine rings is 1. The molecule has 0 unspecified atom stereocenters. The van der Waals surface area contributed by atoms with Crippen molar-refractivity contribution in [1.82, 2.24) is 19.0 Å². The number of amides is 1. The van der Waals surface area contributed by atoms with Crippen molar-refractivity contribution in [2.24, 2.45) is 7.05 Å². The first-order chi connectivity index (χ1) is 13.6. The van der Waals surface area contributed by atoms with E-state index < -0.39 is 21.7 Å². The van der Waals surface area contributed by atoms with Crippen LogP contribution in [0.15, 0.2) is 23.1 Å². The van der Waals surface area contributed by atoms with Crippen molar-refractivity contribution in [1.29, 1.82) is 0 Å². The number of carbonyl (C=O) groups is 1. The van der Waals surface area contributed by atoms with Crippen LogP contribution in [0, 0.1) is 25.5 Å². The van der Waals surface area contributed by atoms with Gasteiger partial charge in [-0.3, -0.25) is 9.48 Å². The Morgan fingerprint density at radius 2 is 1.76 bits per heavy atom. The number of aromatic nitrogens is 2. The number of benzene rings is 1. The molecule has 1 amide bonds. The fraction of sp³-hybridized carbons (Fsp3) is 0.474. The number of hydrogen-bond donors (Lipinski definition) is 0. The molecule has 0 atom stereocenters. The number of nitrogens with zero attached hydrogens (tertiary/aromatic N) is 4. The van der Waals surface area contributed by atoms with Gasteiger partial charge in [0.2, 0.25) is 15.9 Å². The van der Waals surface area contributed by atoms with E-state index >= 15 is 0 Å². The zero-order chi connectivity index (χ0) is 21.3. The average Bonchev–Trinajstić information content (AvgIpc) is 2.93. The third-order valence-electron chi connectivity index (χ3n) is 5.37. The Morgan fingerprint density at radius 1 is 1.10 bits per heavy atom. The van der Waals surface area contributed by atoms with Gasteiger partial charge in [-0.05, 0) is 44.0 Å². The third kappa shape index (κ3) is 4.32. The minimum absolute atomic E-state index is 0.0440. The van der Waals surface area contributed by atoms with Crippen molar-refractivity contribution < 1.29 is 22.0 Å². The number of aryl methyl sites for hydroxylation is 2. The van der Waals surface area contributed by atoms with Gasteiger partial charge in [0.15, 0.2) is 11.6 Å². The van der Waals surface area contributed by atoms with Crippen molar-refractivity contribution in [3.63, 3.8) is 0 Å². The molecule has 1 aliphatic rings. The highest BCUT2D eigenvalue weighted by Gasteiger charge is 2.30. The van der Waals surface area contributed by atoms with Crippen LogP contribution < -0.4 is 0 Å². The molecule has 158 valence electrons. The molecule has 0 radical (unpaired) electrons. The first kappa shape index (κ1) is 21.4. The topological polar surface area (TPSA) is 75.5 Å². The molecule has 10 heteroatoms. The molecule has 7 nitrogen and oxygen atoms in total. The lowest BCUT2D eigenvalue weighted by atomic mass is 10.1.